The minimum absolute atomic E-state index is 0.307. The lowest BCUT2D eigenvalue weighted by atomic mass is 10.1. The third kappa shape index (κ3) is 0.821. The van der Waals surface area contributed by atoms with Crippen molar-refractivity contribution in [3.05, 3.63) is 35.5 Å². The number of amides is 1. The van der Waals surface area contributed by atoms with Gasteiger partial charge in [0.1, 0.15) is 5.69 Å². The van der Waals surface area contributed by atoms with E-state index in [2.05, 4.69) is 15.5 Å². The van der Waals surface area contributed by atoms with Gasteiger partial charge in [0, 0.05) is 16.5 Å². The summed E-state index contributed by atoms with van der Waals surface area (Å²) in [4.78, 5) is 14.4. The Labute approximate surface area is 79.6 Å². The van der Waals surface area contributed by atoms with E-state index in [0.29, 0.717) is 5.69 Å². The number of hydrogen-bond acceptors (Lipinski definition) is 2. The third-order valence-electron chi connectivity index (χ3n) is 2.30. The molecule has 1 aromatic carbocycles. The van der Waals surface area contributed by atoms with Gasteiger partial charge in [0.2, 0.25) is 0 Å². The van der Waals surface area contributed by atoms with Crippen LogP contribution in [0.25, 0.3) is 10.9 Å². The highest BCUT2D eigenvalue weighted by molar-refractivity contribution is 6.12. The van der Waals surface area contributed by atoms with Crippen LogP contribution in [0.4, 0.5) is 0 Å². The maximum atomic E-state index is 11.3. The first-order valence-electron chi connectivity index (χ1n) is 4.25. The second-order valence-electron chi connectivity index (χ2n) is 3.11. The van der Waals surface area contributed by atoms with Gasteiger partial charge in [-0.15, -0.1) is 5.43 Å². The van der Waals surface area contributed by atoms with Crippen molar-refractivity contribution in [1.29, 1.82) is 0 Å². The van der Waals surface area contributed by atoms with Crippen molar-refractivity contribution < 1.29 is 4.79 Å². The molecule has 1 aliphatic heterocycles. The van der Waals surface area contributed by atoms with E-state index in [1.165, 1.54) is 0 Å². The van der Waals surface area contributed by atoms with Crippen LogP contribution in [-0.4, -0.2) is 17.1 Å². The van der Waals surface area contributed by atoms with Crippen LogP contribution >= 0.6 is 0 Å². The van der Waals surface area contributed by atoms with Gasteiger partial charge in [0.05, 0.1) is 6.21 Å². The zero-order valence-corrected chi connectivity index (χ0v) is 7.19. The van der Waals surface area contributed by atoms with Crippen molar-refractivity contribution in [2.24, 2.45) is 5.10 Å². The molecule has 0 fully saturated rings. The lowest BCUT2D eigenvalue weighted by Gasteiger charge is -2.00. The summed E-state index contributed by atoms with van der Waals surface area (Å²) in [5, 5.41) is 4.66. The van der Waals surface area contributed by atoms with E-state index < -0.39 is 0 Å². The van der Waals surface area contributed by atoms with Crippen LogP contribution in [0.15, 0.2) is 29.4 Å². The minimum Gasteiger partial charge on any atom is -0.350 e. The van der Waals surface area contributed by atoms with E-state index in [4.69, 9.17) is 0 Å². The van der Waals surface area contributed by atoms with Crippen LogP contribution in [0, 0.1) is 0 Å². The number of carbonyl (C=O) groups is 1. The van der Waals surface area contributed by atoms with Crippen LogP contribution < -0.4 is 5.43 Å². The molecule has 4 nitrogen and oxygen atoms in total. The molecule has 1 aromatic heterocycles. The molecule has 1 radical (unpaired) electrons. The van der Waals surface area contributed by atoms with Crippen molar-refractivity contribution >= 4 is 23.0 Å². The quantitative estimate of drug-likeness (QED) is 0.658. The fourth-order valence-corrected chi connectivity index (χ4v) is 1.66. The summed E-state index contributed by atoms with van der Waals surface area (Å²) >= 11 is 0. The Morgan fingerprint density at radius 3 is 3.00 bits per heavy atom. The number of rotatable bonds is 0. The Balaban J connectivity index is 2.45. The molecule has 1 amide bonds. The molecule has 0 saturated carbocycles. The molecule has 67 valence electrons. The molecule has 14 heavy (non-hydrogen) atoms. The largest absolute Gasteiger partial charge is 0.350 e. The van der Waals surface area contributed by atoms with Crippen LogP contribution in [-0.2, 0) is 0 Å². The highest BCUT2D eigenvalue weighted by Gasteiger charge is 2.20. The highest BCUT2D eigenvalue weighted by Crippen LogP contribution is 2.22. The number of nitrogens with one attached hydrogen (secondary N) is 1. The third-order valence-corrected chi connectivity index (χ3v) is 2.30. The van der Waals surface area contributed by atoms with Gasteiger partial charge < -0.3 is 4.98 Å². The number of nitrogens with zero attached hydrogens (tertiary/aromatic N) is 2. The summed E-state index contributed by atoms with van der Waals surface area (Å²) in [6.07, 6.45) is 1.61. The van der Waals surface area contributed by atoms with E-state index in [-0.39, 0.29) is 5.91 Å². The standard InChI is InChI=1S/C10H6N3O/c14-10-9-7(5-11-13-10)6-3-1-2-4-8(6)12-9/h1-5,12H. The van der Waals surface area contributed by atoms with E-state index >= 15 is 0 Å². The molecule has 1 aliphatic rings. The van der Waals surface area contributed by atoms with Crippen molar-refractivity contribution in [3.8, 4) is 0 Å². The van der Waals surface area contributed by atoms with Gasteiger partial charge in [-0.25, -0.2) is 0 Å². The summed E-state index contributed by atoms with van der Waals surface area (Å²) in [6.45, 7) is 0. The number of hydrogen-bond donors (Lipinski definition) is 1. The van der Waals surface area contributed by atoms with Crippen LogP contribution in [0.3, 0.4) is 0 Å². The minimum atomic E-state index is -0.307. The molecule has 0 saturated heterocycles. The average Bonchev–Trinajstić information content (AvgIpc) is 2.59. The Hall–Kier alpha value is -2.10. The van der Waals surface area contributed by atoms with Crippen molar-refractivity contribution in [2.45, 2.75) is 0 Å². The van der Waals surface area contributed by atoms with E-state index in [0.717, 1.165) is 16.5 Å². The second kappa shape index (κ2) is 2.45. The maximum absolute atomic E-state index is 11.3. The number of carbonyl (C=O) groups excluding carboxylic acids is 1. The monoisotopic (exact) mass is 184 g/mol. The van der Waals surface area contributed by atoms with Crippen LogP contribution in [0.2, 0.25) is 0 Å². The molecule has 0 unspecified atom stereocenters. The zero-order valence-electron chi connectivity index (χ0n) is 7.19. The summed E-state index contributed by atoms with van der Waals surface area (Å²) in [6, 6.07) is 7.73. The number of fused-ring (bicyclic) bond motifs is 3. The Morgan fingerprint density at radius 2 is 2.07 bits per heavy atom. The molecular weight excluding hydrogens is 178 g/mol. The molecule has 4 heteroatoms. The average molecular weight is 184 g/mol. The highest BCUT2D eigenvalue weighted by atomic mass is 16.2. The fourth-order valence-electron chi connectivity index (χ4n) is 1.66. The fraction of sp³-hybridized carbons (Fsp3) is 0. The first-order chi connectivity index (χ1) is 6.86. The number of benzene rings is 1. The first-order valence-corrected chi connectivity index (χ1v) is 4.25. The molecule has 2 aromatic rings. The molecule has 1 N–H and O–H groups in total. The second-order valence-corrected chi connectivity index (χ2v) is 3.11. The Kier molecular flexibility index (Phi) is 1.28. The Morgan fingerprint density at radius 1 is 1.21 bits per heavy atom. The molecule has 0 bridgehead atoms. The summed E-state index contributed by atoms with van der Waals surface area (Å²) in [5.74, 6) is -0.307. The van der Waals surface area contributed by atoms with Gasteiger partial charge in [0.25, 0.3) is 0 Å². The lowest BCUT2D eigenvalue weighted by molar-refractivity contribution is 0.0944. The van der Waals surface area contributed by atoms with Gasteiger partial charge in [-0.3, -0.25) is 4.79 Å². The first kappa shape index (κ1) is 7.32. The normalized spacial score (nSPS) is 14.1. The number of H-pyrrole nitrogens is 1. The lowest BCUT2D eigenvalue weighted by Crippen LogP contribution is -2.17. The van der Waals surface area contributed by atoms with Crippen molar-refractivity contribution in [1.82, 2.24) is 10.4 Å². The van der Waals surface area contributed by atoms with E-state index in [9.17, 15) is 4.79 Å². The summed E-state index contributed by atoms with van der Waals surface area (Å²) in [5.41, 5.74) is 5.77. The van der Waals surface area contributed by atoms with Gasteiger partial charge in [-0.05, 0) is 6.07 Å². The molecule has 0 aliphatic carbocycles. The topological polar surface area (TPSA) is 59.3 Å². The van der Waals surface area contributed by atoms with Gasteiger partial charge >= 0.3 is 5.91 Å². The molecular formula is C10H6N3O. The van der Waals surface area contributed by atoms with Crippen molar-refractivity contribution in [3.63, 3.8) is 0 Å². The van der Waals surface area contributed by atoms with E-state index in [1.54, 1.807) is 6.21 Å². The predicted molar refractivity (Wildman–Crippen MR) is 52.4 cm³/mol. The van der Waals surface area contributed by atoms with Crippen LogP contribution in [0.5, 0.6) is 0 Å². The van der Waals surface area contributed by atoms with E-state index in [1.807, 2.05) is 24.3 Å². The number of aromatic nitrogens is 1. The SMILES string of the molecule is O=C1[N]N=Cc2c1[nH]c1ccccc21. The van der Waals surface area contributed by atoms with Gasteiger partial charge in [-0.1, -0.05) is 18.2 Å². The zero-order chi connectivity index (χ0) is 9.54. The smallest absolute Gasteiger partial charge is 0.312 e. The molecule has 2 heterocycles. The molecule has 3 rings (SSSR count). The summed E-state index contributed by atoms with van der Waals surface area (Å²) < 4.78 is 0. The Bertz CT molecular complexity index is 553. The van der Waals surface area contributed by atoms with Crippen LogP contribution in [0.1, 0.15) is 16.1 Å². The molecule has 0 spiro atoms. The summed E-state index contributed by atoms with van der Waals surface area (Å²) in [7, 11) is 0. The predicted octanol–water partition coefficient (Wildman–Crippen LogP) is 1.26. The van der Waals surface area contributed by atoms with Crippen molar-refractivity contribution in [2.75, 3.05) is 0 Å². The van der Waals surface area contributed by atoms with Gasteiger partial charge in [0.15, 0.2) is 0 Å². The number of aromatic amines is 1. The maximum Gasteiger partial charge on any atom is 0.312 e. The van der Waals surface area contributed by atoms with Gasteiger partial charge in [-0.2, -0.15) is 5.10 Å². The molecule has 0 atom stereocenters. The number of para-hydroxylation sites is 1.